The first-order valence-electron chi connectivity index (χ1n) is 11.8. The van der Waals surface area contributed by atoms with E-state index in [2.05, 4.69) is 36.2 Å². The molecule has 0 aliphatic rings. The Labute approximate surface area is 211 Å². The lowest BCUT2D eigenvalue weighted by molar-refractivity contribution is 0.327. The van der Waals surface area contributed by atoms with E-state index < -0.39 is 0 Å². The number of aromatic amines is 1. The maximum Gasteiger partial charge on any atom is 0.204 e. The van der Waals surface area contributed by atoms with Crippen LogP contribution in [0.1, 0.15) is 11.1 Å². The minimum absolute atomic E-state index is 0.522. The Kier molecular flexibility index (Phi) is 6.46. The fourth-order valence-electron chi connectivity index (χ4n) is 4.57. The van der Waals surface area contributed by atoms with Gasteiger partial charge in [0.1, 0.15) is 0 Å². The highest BCUT2D eigenvalue weighted by atomic mass is 16.5. The molecule has 0 bridgehead atoms. The number of fused-ring (bicyclic) bond motifs is 1. The van der Waals surface area contributed by atoms with Crippen LogP contribution in [0.3, 0.4) is 0 Å². The fraction of sp³-hybridized carbons (Fsp3) is 0.129. The molecule has 5 heteroatoms. The minimum atomic E-state index is 0.522. The van der Waals surface area contributed by atoms with Gasteiger partial charge in [-0.2, -0.15) is 0 Å². The van der Waals surface area contributed by atoms with Crippen molar-refractivity contribution >= 4 is 22.8 Å². The van der Waals surface area contributed by atoms with Gasteiger partial charge in [-0.15, -0.1) is 0 Å². The van der Waals surface area contributed by atoms with Crippen LogP contribution in [0.15, 0.2) is 89.9 Å². The molecule has 0 aliphatic heterocycles. The average molecular weight is 477 g/mol. The third-order valence-electron chi connectivity index (χ3n) is 6.27. The molecule has 1 heterocycles. The Morgan fingerprint density at radius 3 is 1.83 bits per heavy atom. The third kappa shape index (κ3) is 4.09. The summed E-state index contributed by atoms with van der Waals surface area (Å²) in [5, 5.41) is 0.908. The monoisotopic (exact) mass is 476 g/mol. The van der Waals surface area contributed by atoms with Crippen LogP contribution in [-0.2, 0) is 0 Å². The molecule has 4 aromatic carbocycles. The summed E-state index contributed by atoms with van der Waals surface area (Å²) in [6.07, 6.45) is 1.83. The van der Waals surface area contributed by atoms with Gasteiger partial charge in [-0.1, -0.05) is 78.4 Å². The molecule has 0 unspecified atom stereocenters. The zero-order chi connectivity index (χ0) is 25.1. The number of aryl methyl sites for hydroxylation is 1. The van der Waals surface area contributed by atoms with E-state index in [-0.39, 0.29) is 0 Å². The maximum atomic E-state index is 5.96. The molecular weight excluding hydrogens is 448 g/mol. The molecule has 5 nitrogen and oxygen atoms in total. The zero-order valence-electron chi connectivity index (χ0n) is 20.8. The van der Waals surface area contributed by atoms with E-state index in [1.807, 2.05) is 66.9 Å². The van der Waals surface area contributed by atoms with E-state index in [1.165, 1.54) is 5.56 Å². The van der Waals surface area contributed by atoms with Crippen molar-refractivity contribution < 1.29 is 14.2 Å². The van der Waals surface area contributed by atoms with Crippen molar-refractivity contribution in [2.75, 3.05) is 21.3 Å². The first kappa shape index (κ1) is 23.2. The number of methoxy groups -OCH3 is 3. The molecule has 0 amide bonds. The number of aliphatic imine (C=N–C) groups is 1. The lowest BCUT2D eigenvalue weighted by Gasteiger charge is -2.17. The topological polar surface area (TPSA) is 55.8 Å². The van der Waals surface area contributed by atoms with E-state index in [0.717, 1.165) is 44.5 Å². The molecule has 0 radical (unpaired) electrons. The van der Waals surface area contributed by atoms with Crippen molar-refractivity contribution in [1.29, 1.82) is 0 Å². The maximum absolute atomic E-state index is 5.96. The Morgan fingerprint density at radius 2 is 1.25 bits per heavy atom. The standard InChI is InChI=1S/C31H28N2O3/c1-20-15-17-23(18-16-20)32-19-24-28-26(30(35-3)31(36-4)29(24)34-2)25(21-11-7-5-8-12-21)27(33-28)22-13-9-6-10-14-22/h5-19,33H,1-4H3. The first-order valence-corrected chi connectivity index (χ1v) is 11.8. The largest absolute Gasteiger partial charge is 0.492 e. The molecule has 1 aromatic heterocycles. The first-order chi connectivity index (χ1) is 17.7. The van der Waals surface area contributed by atoms with Gasteiger partial charge in [0.15, 0.2) is 11.5 Å². The highest BCUT2D eigenvalue weighted by Crippen LogP contribution is 2.51. The summed E-state index contributed by atoms with van der Waals surface area (Å²) < 4.78 is 17.7. The summed E-state index contributed by atoms with van der Waals surface area (Å²) >= 11 is 0. The molecule has 0 saturated heterocycles. The molecule has 5 aromatic rings. The Balaban J connectivity index is 1.89. The molecule has 0 fully saturated rings. The molecule has 0 spiro atoms. The zero-order valence-corrected chi connectivity index (χ0v) is 20.8. The lowest BCUT2D eigenvalue weighted by Crippen LogP contribution is -2.00. The smallest absolute Gasteiger partial charge is 0.204 e. The highest BCUT2D eigenvalue weighted by molar-refractivity contribution is 6.15. The van der Waals surface area contributed by atoms with Crippen molar-refractivity contribution in [3.05, 3.63) is 96.1 Å². The van der Waals surface area contributed by atoms with Crippen LogP contribution in [0, 0.1) is 6.92 Å². The van der Waals surface area contributed by atoms with Crippen molar-refractivity contribution in [3.63, 3.8) is 0 Å². The number of nitrogens with one attached hydrogen (secondary N) is 1. The van der Waals surface area contributed by atoms with Gasteiger partial charge < -0.3 is 19.2 Å². The number of hydrogen-bond acceptors (Lipinski definition) is 4. The van der Waals surface area contributed by atoms with Crippen molar-refractivity contribution in [2.45, 2.75) is 6.92 Å². The number of benzene rings is 4. The van der Waals surface area contributed by atoms with Crippen molar-refractivity contribution in [2.24, 2.45) is 4.99 Å². The van der Waals surface area contributed by atoms with Crippen LogP contribution in [0.25, 0.3) is 33.3 Å². The van der Waals surface area contributed by atoms with Crippen LogP contribution in [-0.4, -0.2) is 32.5 Å². The van der Waals surface area contributed by atoms with Crippen LogP contribution >= 0.6 is 0 Å². The average Bonchev–Trinajstić information content (AvgIpc) is 3.33. The summed E-state index contributed by atoms with van der Waals surface area (Å²) in [5.74, 6) is 1.68. The number of ether oxygens (including phenoxy) is 3. The van der Waals surface area contributed by atoms with E-state index in [1.54, 1.807) is 21.3 Å². The fourth-order valence-corrected chi connectivity index (χ4v) is 4.57. The Hall–Kier alpha value is -4.51. The number of hydrogen-bond donors (Lipinski definition) is 1. The second-order valence-electron chi connectivity index (χ2n) is 8.46. The molecule has 1 N–H and O–H groups in total. The SMILES string of the molecule is COc1c(OC)c(OC)c2c(-c3ccccc3)c(-c3ccccc3)[nH]c2c1C=Nc1ccc(C)cc1. The van der Waals surface area contributed by atoms with Crippen LogP contribution in [0.4, 0.5) is 5.69 Å². The van der Waals surface area contributed by atoms with Gasteiger partial charge in [0.25, 0.3) is 0 Å². The molecular formula is C31H28N2O3. The van der Waals surface area contributed by atoms with Gasteiger partial charge in [-0.25, -0.2) is 0 Å². The van der Waals surface area contributed by atoms with Crippen LogP contribution in [0.2, 0.25) is 0 Å². The second-order valence-corrected chi connectivity index (χ2v) is 8.46. The third-order valence-corrected chi connectivity index (χ3v) is 6.27. The van der Waals surface area contributed by atoms with Gasteiger partial charge in [0.2, 0.25) is 5.75 Å². The van der Waals surface area contributed by atoms with E-state index >= 15 is 0 Å². The van der Waals surface area contributed by atoms with Gasteiger partial charge in [0, 0.05) is 11.8 Å². The summed E-state index contributed by atoms with van der Waals surface area (Å²) in [5.41, 5.74) is 7.81. The Bertz CT molecular complexity index is 1520. The molecule has 0 aliphatic carbocycles. The molecule has 0 atom stereocenters. The van der Waals surface area contributed by atoms with Gasteiger partial charge in [-0.3, -0.25) is 4.99 Å². The van der Waals surface area contributed by atoms with E-state index in [4.69, 9.17) is 19.2 Å². The van der Waals surface area contributed by atoms with Crippen LogP contribution in [0.5, 0.6) is 17.2 Å². The number of nitrogens with zero attached hydrogens (tertiary/aromatic N) is 1. The molecule has 180 valence electrons. The summed E-state index contributed by atoms with van der Waals surface area (Å²) in [7, 11) is 4.91. The normalized spacial score (nSPS) is 11.2. The number of rotatable bonds is 7. The van der Waals surface area contributed by atoms with Crippen LogP contribution < -0.4 is 14.2 Å². The second kappa shape index (κ2) is 10.0. The number of H-pyrrole nitrogens is 1. The summed E-state index contributed by atoms with van der Waals surface area (Å²) in [4.78, 5) is 8.46. The van der Waals surface area contributed by atoms with Crippen molar-refractivity contribution in [1.82, 2.24) is 4.98 Å². The van der Waals surface area contributed by atoms with Gasteiger partial charge in [-0.05, 0) is 30.2 Å². The molecule has 36 heavy (non-hydrogen) atoms. The Morgan fingerprint density at radius 1 is 0.667 bits per heavy atom. The summed E-state index contributed by atoms with van der Waals surface area (Å²) in [6, 6.07) is 28.7. The molecule has 0 saturated carbocycles. The van der Waals surface area contributed by atoms with E-state index in [0.29, 0.717) is 17.2 Å². The number of aromatic nitrogens is 1. The summed E-state index contributed by atoms with van der Waals surface area (Å²) in [6.45, 7) is 2.06. The predicted molar refractivity (Wildman–Crippen MR) is 147 cm³/mol. The van der Waals surface area contributed by atoms with E-state index in [9.17, 15) is 0 Å². The molecule has 5 rings (SSSR count). The predicted octanol–water partition coefficient (Wildman–Crippen LogP) is 7.59. The minimum Gasteiger partial charge on any atom is -0.492 e. The van der Waals surface area contributed by atoms with Crippen molar-refractivity contribution in [3.8, 4) is 39.6 Å². The highest BCUT2D eigenvalue weighted by Gasteiger charge is 2.27. The van der Waals surface area contributed by atoms with Gasteiger partial charge >= 0.3 is 0 Å². The lowest BCUT2D eigenvalue weighted by atomic mass is 9.96. The quantitative estimate of drug-likeness (QED) is 0.246. The van der Waals surface area contributed by atoms with Gasteiger partial charge in [0.05, 0.1) is 49.2 Å².